The van der Waals surface area contributed by atoms with Gasteiger partial charge in [0, 0.05) is 17.5 Å². The van der Waals surface area contributed by atoms with Crippen LogP contribution in [0, 0.1) is 11.3 Å². The van der Waals surface area contributed by atoms with Crippen LogP contribution in [0.15, 0.2) is 30.3 Å². The second-order valence-electron chi connectivity index (χ2n) is 4.53. The highest BCUT2D eigenvalue weighted by Crippen LogP contribution is 2.30. The maximum absolute atomic E-state index is 9.32. The van der Waals surface area contributed by atoms with Crippen molar-refractivity contribution in [1.29, 1.82) is 5.26 Å². The first-order valence-corrected chi connectivity index (χ1v) is 7.51. The van der Waals surface area contributed by atoms with Gasteiger partial charge in [0.05, 0.1) is 5.52 Å². The third-order valence-corrected chi connectivity index (χ3v) is 3.93. The van der Waals surface area contributed by atoms with Crippen molar-refractivity contribution in [1.82, 2.24) is 15.2 Å². The van der Waals surface area contributed by atoms with Gasteiger partial charge in [-0.2, -0.15) is 5.26 Å². The maximum atomic E-state index is 9.32. The Labute approximate surface area is 126 Å². The first-order valence-electron chi connectivity index (χ1n) is 6.69. The quantitative estimate of drug-likeness (QED) is 0.798. The van der Waals surface area contributed by atoms with Gasteiger partial charge in [0.2, 0.25) is 5.13 Å². The van der Waals surface area contributed by atoms with Crippen LogP contribution in [-0.2, 0) is 0 Å². The molecule has 2 aromatic heterocycles. The molecule has 0 unspecified atom stereocenters. The van der Waals surface area contributed by atoms with Gasteiger partial charge in [-0.25, -0.2) is 4.98 Å². The van der Waals surface area contributed by atoms with Crippen molar-refractivity contribution < 1.29 is 0 Å². The predicted molar refractivity (Wildman–Crippen MR) is 84.1 cm³/mol. The van der Waals surface area contributed by atoms with Crippen molar-refractivity contribution in [3.63, 3.8) is 0 Å². The second kappa shape index (κ2) is 5.85. The summed E-state index contributed by atoms with van der Waals surface area (Å²) in [6.07, 6.45) is 1.02. The molecule has 21 heavy (non-hydrogen) atoms. The molecule has 6 heteroatoms. The Kier molecular flexibility index (Phi) is 3.75. The minimum atomic E-state index is 0.381. The number of hydrogen-bond donors (Lipinski definition) is 1. The molecule has 5 nitrogen and oxygen atoms in total. The second-order valence-corrected chi connectivity index (χ2v) is 5.51. The fraction of sp³-hybridized carbons (Fsp3) is 0.200. The summed E-state index contributed by atoms with van der Waals surface area (Å²) in [5.74, 6) is 0. The summed E-state index contributed by atoms with van der Waals surface area (Å²) < 4.78 is 0. The first-order chi connectivity index (χ1) is 10.3. The van der Waals surface area contributed by atoms with Crippen molar-refractivity contribution in [3.05, 3.63) is 36.0 Å². The Bertz CT molecular complexity index is 818. The topological polar surface area (TPSA) is 74.5 Å². The van der Waals surface area contributed by atoms with Gasteiger partial charge in [-0.05, 0) is 18.6 Å². The number of rotatable bonds is 4. The van der Waals surface area contributed by atoms with E-state index in [1.807, 2.05) is 30.3 Å². The third kappa shape index (κ3) is 2.69. The molecule has 0 aliphatic carbocycles. The molecule has 2 heterocycles. The molecule has 0 atom stereocenters. The molecule has 0 radical (unpaired) electrons. The van der Waals surface area contributed by atoms with E-state index in [-0.39, 0.29) is 0 Å². The molecule has 0 spiro atoms. The normalized spacial score (nSPS) is 10.5. The summed E-state index contributed by atoms with van der Waals surface area (Å²) in [5.41, 5.74) is 1.93. The van der Waals surface area contributed by atoms with Gasteiger partial charge in [-0.3, -0.25) is 0 Å². The van der Waals surface area contributed by atoms with Gasteiger partial charge in [0.1, 0.15) is 6.07 Å². The summed E-state index contributed by atoms with van der Waals surface area (Å²) in [6, 6.07) is 11.8. The Balaban J connectivity index is 2.06. The van der Waals surface area contributed by atoms with Crippen LogP contribution in [0.3, 0.4) is 0 Å². The van der Waals surface area contributed by atoms with Crippen LogP contribution in [0.25, 0.3) is 21.5 Å². The Morgan fingerprint density at radius 2 is 2.14 bits per heavy atom. The van der Waals surface area contributed by atoms with E-state index in [1.165, 1.54) is 11.3 Å². The van der Waals surface area contributed by atoms with Crippen LogP contribution in [0.4, 0.5) is 5.13 Å². The highest BCUT2D eigenvalue weighted by Gasteiger charge is 2.13. The SMILES string of the molecule is CCCNc1nnc(-c2cc3ccccc3nc2C#N)s1. The van der Waals surface area contributed by atoms with E-state index in [0.717, 1.165) is 34.6 Å². The molecule has 0 amide bonds. The van der Waals surface area contributed by atoms with Crippen molar-refractivity contribution in [2.24, 2.45) is 0 Å². The van der Waals surface area contributed by atoms with Gasteiger partial charge in [0.15, 0.2) is 10.7 Å². The van der Waals surface area contributed by atoms with E-state index in [9.17, 15) is 5.26 Å². The molecule has 104 valence electrons. The highest BCUT2D eigenvalue weighted by molar-refractivity contribution is 7.18. The zero-order valence-corrected chi connectivity index (χ0v) is 12.3. The number of nitriles is 1. The fourth-order valence-electron chi connectivity index (χ4n) is 2.00. The fourth-order valence-corrected chi connectivity index (χ4v) is 2.79. The van der Waals surface area contributed by atoms with Gasteiger partial charge in [-0.1, -0.05) is 36.5 Å². The van der Waals surface area contributed by atoms with Crippen LogP contribution in [0.2, 0.25) is 0 Å². The lowest BCUT2D eigenvalue weighted by Gasteiger charge is -2.02. The number of benzene rings is 1. The van der Waals surface area contributed by atoms with E-state index in [2.05, 4.69) is 33.5 Å². The van der Waals surface area contributed by atoms with E-state index in [0.29, 0.717) is 10.7 Å². The summed E-state index contributed by atoms with van der Waals surface area (Å²) >= 11 is 1.44. The molecule has 1 N–H and O–H groups in total. The summed E-state index contributed by atoms with van der Waals surface area (Å²) in [6.45, 7) is 2.95. The smallest absolute Gasteiger partial charge is 0.206 e. The minimum absolute atomic E-state index is 0.381. The summed E-state index contributed by atoms with van der Waals surface area (Å²) in [5, 5.41) is 23.3. The van der Waals surface area contributed by atoms with Crippen LogP contribution < -0.4 is 5.32 Å². The predicted octanol–water partition coefficient (Wildman–Crippen LogP) is 3.45. The lowest BCUT2D eigenvalue weighted by Crippen LogP contribution is -1.98. The molecular weight excluding hydrogens is 282 g/mol. The van der Waals surface area contributed by atoms with Gasteiger partial charge in [0.25, 0.3) is 0 Å². The molecule has 0 aliphatic rings. The van der Waals surface area contributed by atoms with Gasteiger partial charge >= 0.3 is 0 Å². The van der Waals surface area contributed by atoms with Crippen molar-refractivity contribution >= 4 is 27.4 Å². The number of pyridine rings is 1. The number of para-hydroxylation sites is 1. The van der Waals surface area contributed by atoms with E-state index < -0.39 is 0 Å². The van der Waals surface area contributed by atoms with E-state index in [4.69, 9.17) is 0 Å². The zero-order chi connectivity index (χ0) is 14.7. The van der Waals surface area contributed by atoms with Crippen molar-refractivity contribution in [3.8, 4) is 16.6 Å². The lowest BCUT2D eigenvalue weighted by atomic mass is 10.1. The van der Waals surface area contributed by atoms with Crippen LogP contribution in [0.1, 0.15) is 19.0 Å². The molecular formula is C15H13N5S. The Morgan fingerprint density at radius 3 is 2.95 bits per heavy atom. The average Bonchev–Trinajstić information content (AvgIpc) is 3.00. The molecule has 0 fully saturated rings. The van der Waals surface area contributed by atoms with E-state index in [1.54, 1.807) is 0 Å². The molecule has 3 rings (SSSR count). The Morgan fingerprint density at radius 1 is 1.29 bits per heavy atom. The van der Waals surface area contributed by atoms with Crippen LogP contribution in [0.5, 0.6) is 0 Å². The molecule has 0 saturated heterocycles. The maximum Gasteiger partial charge on any atom is 0.206 e. The van der Waals surface area contributed by atoms with E-state index >= 15 is 0 Å². The molecule has 3 aromatic rings. The number of anilines is 1. The molecule has 0 saturated carbocycles. The number of nitrogens with zero attached hydrogens (tertiary/aromatic N) is 4. The van der Waals surface area contributed by atoms with Crippen LogP contribution in [-0.4, -0.2) is 21.7 Å². The third-order valence-electron chi connectivity index (χ3n) is 3.01. The average molecular weight is 295 g/mol. The van der Waals surface area contributed by atoms with Crippen molar-refractivity contribution in [2.75, 3.05) is 11.9 Å². The molecule has 0 aliphatic heterocycles. The van der Waals surface area contributed by atoms with Gasteiger partial charge in [-0.15, -0.1) is 10.2 Å². The monoisotopic (exact) mass is 295 g/mol. The number of nitrogens with one attached hydrogen (secondary N) is 1. The first kappa shape index (κ1) is 13.5. The largest absolute Gasteiger partial charge is 0.360 e. The number of hydrogen-bond acceptors (Lipinski definition) is 6. The number of fused-ring (bicyclic) bond motifs is 1. The standard InChI is InChI=1S/C15H13N5S/c1-2-7-17-15-20-19-14(21-15)11-8-10-5-3-4-6-12(10)18-13(11)9-16/h3-6,8H,2,7H2,1H3,(H,17,20). The highest BCUT2D eigenvalue weighted by atomic mass is 32.1. The summed E-state index contributed by atoms with van der Waals surface area (Å²) in [7, 11) is 0. The van der Waals surface area contributed by atoms with Crippen LogP contribution >= 0.6 is 11.3 Å². The summed E-state index contributed by atoms with van der Waals surface area (Å²) in [4.78, 5) is 4.40. The minimum Gasteiger partial charge on any atom is -0.360 e. The number of aromatic nitrogens is 3. The lowest BCUT2D eigenvalue weighted by molar-refractivity contribution is 0.964. The molecule has 0 bridgehead atoms. The van der Waals surface area contributed by atoms with Crippen molar-refractivity contribution in [2.45, 2.75) is 13.3 Å². The Hall–Kier alpha value is -2.52. The molecule has 1 aromatic carbocycles. The van der Waals surface area contributed by atoms with Gasteiger partial charge < -0.3 is 5.32 Å². The zero-order valence-electron chi connectivity index (χ0n) is 11.5.